The molecule has 0 aromatic heterocycles. The smallest absolute Gasteiger partial charge is 0.0393 e. The number of hydrogen-bond donors (Lipinski definition) is 1. The van der Waals surface area contributed by atoms with Crippen LogP contribution in [0.25, 0.3) is 0 Å². The highest BCUT2D eigenvalue weighted by atomic mass is 15.1. The predicted molar refractivity (Wildman–Crippen MR) is 74.6 cm³/mol. The summed E-state index contributed by atoms with van der Waals surface area (Å²) in [5.41, 5.74) is 4.15. The molecule has 0 aliphatic heterocycles. The highest BCUT2D eigenvalue weighted by Gasteiger charge is 2.19. The second-order valence-corrected chi connectivity index (χ2v) is 5.20. The van der Waals surface area contributed by atoms with E-state index >= 15 is 0 Å². The average molecular weight is 232 g/mol. The summed E-state index contributed by atoms with van der Waals surface area (Å²) in [6.07, 6.45) is 3.91. The van der Waals surface area contributed by atoms with Crippen LogP contribution in [0.3, 0.4) is 0 Å². The maximum Gasteiger partial charge on any atom is 0.0393 e. The molecule has 0 heterocycles. The molecule has 0 atom stereocenters. The lowest BCUT2D eigenvalue weighted by atomic mass is 10.1. The first-order chi connectivity index (χ1) is 8.20. The first-order valence-electron chi connectivity index (χ1n) is 6.74. The molecule has 1 N–H and O–H groups in total. The normalized spacial score (nSPS) is 15.0. The zero-order chi connectivity index (χ0) is 12.3. The van der Waals surface area contributed by atoms with Gasteiger partial charge in [0.1, 0.15) is 0 Å². The Bertz CT molecular complexity index is 369. The molecule has 1 aromatic carbocycles. The highest BCUT2D eigenvalue weighted by Crippen LogP contribution is 2.22. The van der Waals surface area contributed by atoms with Crippen molar-refractivity contribution < 1.29 is 0 Å². The van der Waals surface area contributed by atoms with Crippen molar-refractivity contribution in [3.8, 4) is 0 Å². The topological polar surface area (TPSA) is 15.3 Å². The fourth-order valence-electron chi connectivity index (χ4n) is 2.26. The van der Waals surface area contributed by atoms with Gasteiger partial charge in [-0.05, 0) is 43.4 Å². The van der Waals surface area contributed by atoms with Gasteiger partial charge in [-0.2, -0.15) is 0 Å². The minimum Gasteiger partial charge on any atom is -0.374 e. The summed E-state index contributed by atoms with van der Waals surface area (Å²) in [5.74, 6) is 0. The second kappa shape index (κ2) is 5.54. The molecule has 1 saturated carbocycles. The van der Waals surface area contributed by atoms with Crippen LogP contribution in [0.4, 0.5) is 5.69 Å². The zero-order valence-electron chi connectivity index (χ0n) is 11.3. The summed E-state index contributed by atoms with van der Waals surface area (Å²) in [6, 6.07) is 7.62. The quantitative estimate of drug-likeness (QED) is 0.811. The van der Waals surface area contributed by atoms with Gasteiger partial charge in [-0.3, -0.25) is 0 Å². The van der Waals surface area contributed by atoms with Gasteiger partial charge in [0.05, 0.1) is 0 Å². The molecule has 0 saturated heterocycles. The summed E-state index contributed by atoms with van der Waals surface area (Å²) in [5, 5.41) is 3.56. The summed E-state index contributed by atoms with van der Waals surface area (Å²) in [6.45, 7) is 6.58. The molecule has 0 spiro atoms. The van der Waals surface area contributed by atoms with Gasteiger partial charge >= 0.3 is 0 Å². The van der Waals surface area contributed by atoms with E-state index in [1.54, 1.807) is 0 Å². The van der Waals surface area contributed by atoms with Crippen LogP contribution in [0.2, 0.25) is 0 Å². The molecule has 2 heteroatoms. The molecule has 1 aromatic rings. The van der Waals surface area contributed by atoms with Crippen LogP contribution in [0, 0.1) is 6.92 Å². The third-order valence-corrected chi connectivity index (χ3v) is 3.40. The first kappa shape index (κ1) is 12.4. The van der Waals surface area contributed by atoms with E-state index in [-0.39, 0.29) is 0 Å². The Balaban J connectivity index is 1.99. The van der Waals surface area contributed by atoms with Gasteiger partial charge in [-0.15, -0.1) is 0 Å². The van der Waals surface area contributed by atoms with Crippen molar-refractivity contribution in [2.45, 2.75) is 45.7 Å². The molecular formula is C15H24N2. The fraction of sp³-hybridized carbons (Fsp3) is 0.600. The lowest BCUT2D eigenvalue weighted by Gasteiger charge is -2.21. The summed E-state index contributed by atoms with van der Waals surface area (Å²) >= 11 is 0. The molecule has 1 aliphatic carbocycles. The van der Waals surface area contributed by atoms with Crippen molar-refractivity contribution in [3.63, 3.8) is 0 Å². The lowest BCUT2D eigenvalue weighted by Crippen LogP contribution is -2.19. The third kappa shape index (κ3) is 3.47. The van der Waals surface area contributed by atoms with Crippen LogP contribution >= 0.6 is 0 Å². The van der Waals surface area contributed by atoms with Crippen LogP contribution in [0.5, 0.6) is 0 Å². The van der Waals surface area contributed by atoms with Crippen molar-refractivity contribution in [1.29, 1.82) is 0 Å². The van der Waals surface area contributed by atoms with Gasteiger partial charge in [0.25, 0.3) is 0 Å². The standard InChI is InChI=1S/C15H24N2/c1-4-9-17(3)15-8-5-13(10-12(15)2)11-16-14-6-7-14/h5,8,10,14,16H,4,6-7,9,11H2,1-3H3. The lowest BCUT2D eigenvalue weighted by molar-refractivity contribution is 0.687. The van der Waals surface area contributed by atoms with Crippen LogP contribution in [0.1, 0.15) is 37.3 Å². The van der Waals surface area contributed by atoms with Gasteiger partial charge in [0, 0.05) is 31.9 Å². The molecule has 1 aliphatic rings. The van der Waals surface area contributed by atoms with Gasteiger partial charge in [-0.25, -0.2) is 0 Å². The van der Waals surface area contributed by atoms with E-state index in [1.165, 1.54) is 36.1 Å². The van der Waals surface area contributed by atoms with Crippen molar-refractivity contribution in [2.75, 3.05) is 18.5 Å². The van der Waals surface area contributed by atoms with E-state index in [1.807, 2.05) is 0 Å². The highest BCUT2D eigenvalue weighted by molar-refractivity contribution is 5.53. The molecule has 0 unspecified atom stereocenters. The molecule has 0 bridgehead atoms. The van der Waals surface area contributed by atoms with Crippen LogP contribution in [0.15, 0.2) is 18.2 Å². The van der Waals surface area contributed by atoms with E-state index in [0.717, 1.165) is 19.1 Å². The summed E-state index contributed by atoms with van der Waals surface area (Å²) in [7, 11) is 2.17. The van der Waals surface area contributed by atoms with Crippen LogP contribution < -0.4 is 10.2 Å². The number of nitrogens with one attached hydrogen (secondary N) is 1. The number of aryl methyl sites for hydroxylation is 1. The maximum atomic E-state index is 3.56. The fourth-order valence-corrected chi connectivity index (χ4v) is 2.26. The van der Waals surface area contributed by atoms with Crippen molar-refractivity contribution in [2.24, 2.45) is 0 Å². The summed E-state index contributed by atoms with van der Waals surface area (Å²) < 4.78 is 0. The molecule has 94 valence electrons. The van der Waals surface area contributed by atoms with E-state index in [9.17, 15) is 0 Å². The van der Waals surface area contributed by atoms with E-state index in [0.29, 0.717) is 0 Å². The number of benzene rings is 1. The molecule has 0 radical (unpaired) electrons. The minimum atomic E-state index is 0.790. The Morgan fingerprint density at radius 2 is 2.12 bits per heavy atom. The Kier molecular flexibility index (Phi) is 4.06. The molecule has 2 nitrogen and oxygen atoms in total. The first-order valence-corrected chi connectivity index (χ1v) is 6.74. The summed E-state index contributed by atoms with van der Waals surface area (Å²) in [4.78, 5) is 2.34. The average Bonchev–Trinajstić information content (AvgIpc) is 3.10. The minimum absolute atomic E-state index is 0.790. The molecule has 2 rings (SSSR count). The van der Waals surface area contributed by atoms with Crippen LogP contribution in [-0.2, 0) is 6.54 Å². The van der Waals surface area contributed by atoms with E-state index in [4.69, 9.17) is 0 Å². The largest absolute Gasteiger partial charge is 0.374 e. The zero-order valence-corrected chi connectivity index (χ0v) is 11.3. The number of nitrogens with zero attached hydrogens (tertiary/aromatic N) is 1. The number of anilines is 1. The molecule has 0 amide bonds. The number of hydrogen-bond acceptors (Lipinski definition) is 2. The Morgan fingerprint density at radius 3 is 2.71 bits per heavy atom. The Morgan fingerprint density at radius 1 is 1.35 bits per heavy atom. The van der Waals surface area contributed by atoms with E-state index < -0.39 is 0 Å². The van der Waals surface area contributed by atoms with Gasteiger partial charge in [0.2, 0.25) is 0 Å². The van der Waals surface area contributed by atoms with Crippen molar-refractivity contribution >= 4 is 5.69 Å². The SMILES string of the molecule is CCCN(C)c1ccc(CNC2CC2)cc1C. The van der Waals surface area contributed by atoms with Gasteiger partial charge < -0.3 is 10.2 Å². The van der Waals surface area contributed by atoms with Crippen LogP contribution in [-0.4, -0.2) is 19.6 Å². The van der Waals surface area contributed by atoms with Crippen molar-refractivity contribution in [3.05, 3.63) is 29.3 Å². The maximum absolute atomic E-state index is 3.56. The molecule has 17 heavy (non-hydrogen) atoms. The third-order valence-electron chi connectivity index (χ3n) is 3.40. The number of rotatable bonds is 6. The monoisotopic (exact) mass is 232 g/mol. The Labute approximate surface area is 105 Å². The predicted octanol–water partition coefficient (Wildman–Crippen LogP) is 3.09. The molecular weight excluding hydrogens is 208 g/mol. The van der Waals surface area contributed by atoms with Gasteiger partial charge in [-0.1, -0.05) is 19.1 Å². The second-order valence-electron chi connectivity index (χ2n) is 5.20. The van der Waals surface area contributed by atoms with E-state index in [2.05, 4.69) is 49.3 Å². The molecule has 1 fully saturated rings. The van der Waals surface area contributed by atoms with Gasteiger partial charge in [0.15, 0.2) is 0 Å². The van der Waals surface area contributed by atoms with Crippen molar-refractivity contribution in [1.82, 2.24) is 5.32 Å². The Hall–Kier alpha value is -1.02.